The van der Waals surface area contributed by atoms with Crippen molar-refractivity contribution in [3.63, 3.8) is 0 Å². The van der Waals surface area contributed by atoms with Gasteiger partial charge in [0.15, 0.2) is 9.84 Å². The van der Waals surface area contributed by atoms with Crippen molar-refractivity contribution in [2.24, 2.45) is 0 Å². The number of amides is 2. The minimum absolute atomic E-state index is 0.137. The van der Waals surface area contributed by atoms with Crippen molar-refractivity contribution in [2.45, 2.75) is 30.8 Å². The average molecular weight is 406 g/mol. The molecule has 2 aliphatic rings. The Morgan fingerprint density at radius 3 is 2.39 bits per heavy atom. The number of hydrogen-bond acceptors (Lipinski definition) is 5. The fraction of sp³-hybridized carbons (Fsp3) is 0.389. The van der Waals surface area contributed by atoms with E-state index in [1.54, 1.807) is 0 Å². The van der Waals surface area contributed by atoms with Gasteiger partial charge in [0.25, 0.3) is 0 Å². The van der Waals surface area contributed by atoms with Crippen LogP contribution in [0.2, 0.25) is 0 Å². The molecular formula is C18H19FN4O4S. The van der Waals surface area contributed by atoms with Crippen LogP contribution in [0.3, 0.4) is 0 Å². The number of rotatable bonds is 2. The monoisotopic (exact) mass is 406 g/mol. The fourth-order valence-electron chi connectivity index (χ4n) is 3.54. The van der Waals surface area contributed by atoms with E-state index in [1.165, 1.54) is 33.8 Å². The number of aromatic nitrogens is 2. The smallest absolute Gasteiger partial charge is 0.315 e. The Morgan fingerprint density at radius 1 is 1.04 bits per heavy atom. The Kier molecular flexibility index (Phi) is 4.66. The van der Waals surface area contributed by atoms with Crippen molar-refractivity contribution in [3.8, 4) is 5.69 Å². The van der Waals surface area contributed by atoms with Crippen LogP contribution in [-0.4, -0.2) is 48.0 Å². The summed E-state index contributed by atoms with van der Waals surface area (Å²) in [6.45, 7) is 1.05. The molecule has 2 amide bonds. The summed E-state index contributed by atoms with van der Waals surface area (Å²) in [5, 5.41) is 6.84. The van der Waals surface area contributed by atoms with E-state index in [9.17, 15) is 22.4 Å². The van der Waals surface area contributed by atoms with E-state index in [4.69, 9.17) is 0 Å². The first-order chi connectivity index (χ1) is 13.3. The average Bonchev–Trinajstić information content (AvgIpc) is 3.15. The van der Waals surface area contributed by atoms with Crippen LogP contribution in [-0.2, 0) is 30.9 Å². The van der Waals surface area contributed by atoms with Crippen LogP contribution >= 0.6 is 0 Å². The summed E-state index contributed by atoms with van der Waals surface area (Å²) < 4.78 is 38.6. The van der Waals surface area contributed by atoms with E-state index in [-0.39, 0.29) is 17.3 Å². The molecule has 2 aliphatic heterocycles. The van der Waals surface area contributed by atoms with Crippen molar-refractivity contribution in [3.05, 3.63) is 41.3 Å². The highest BCUT2D eigenvalue weighted by Gasteiger charge is 2.34. The molecular weight excluding hydrogens is 387 g/mol. The van der Waals surface area contributed by atoms with Gasteiger partial charge in [0.2, 0.25) is 0 Å². The molecule has 0 unspecified atom stereocenters. The summed E-state index contributed by atoms with van der Waals surface area (Å²) in [6.07, 6.45) is 2.72. The number of sulfone groups is 1. The molecule has 2 aromatic rings. The van der Waals surface area contributed by atoms with Gasteiger partial charge in [-0.1, -0.05) is 0 Å². The molecule has 148 valence electrons. The van der Waals surface area contributed by atoms with Crippen LogP contribution in [0.15, 0.2) is 24.3 Å². The maximum Gasteiger partial charge on any atom is 0.315 e. The Hall–Kier alpha value is -2.75. The third-order valence-corrected chi connectivity index (χ3v) is 6.37. The predicted molar refractivity (Wildman–Crippen MR) is 98.9 cm³/mol. The van der Waals surface area contributed by atoms with Crippen molar-refractivity contribution in [2.75, 3.05) is 18.4 Å². The summed E-state index contributed by atoms with van der Waals surface area (Å²) in [4.78, 5) is 26.5. The van der Waals surface area contributed by atoms with Gasteiger partial charge in [-0.25, -0.2) is 17.5 Å². The quantitative estimate of drug-likeness (QED) is 0.760. The normalized spacial score (nSPS) is 18.0. The van der Waals surface area contributed by atoms with Gasteiger partial charge < -0.3 is 10.2 Å². The molecule has 8 nitrogen and oxygen atoms in total. The minimum Gasteiger partial charge on any atom is -0.334 e. The van der Waals surface area contributed by atoms with Crippen LogP contribution in [0.5, 0.6) is 0 Å². The number of hydrogen-bond donors (Lipinski definition) is 1. The summed E-state index contributed by atoms with van der Waals surface area (Å²) in [5.74, 6) is -2.29. The molecule has 0 spiro atoms. The molecule has 1 fully saturated rings. The second-order valence-electron chi connectivity index (χ2n) is 7.00. The van der Waals surface area contributed by atoms with Gasteiger partial charge in [0.05, 0.1) is 22.9 Å². The van der Waals surface area contributed by atoms with Gasteiger partial charge >= 0.3 is 11.8 Å². The van der Waals surface area contributed by atoms with E-state index in [0.29, 0.717) is 30.0 Å². The molecule has 28 heavy (non-hydrogen) atoms. The zero-order valence-electron chi connectivity index (χ0n) is 15.0. The maximum absolute atomic E-state index is 13.3. The Balaban J connectivity index is 1.67. The molecule has 0 aliphatic carbocycles. The molecule has 0 bridgehead atoms. The number of benzene rings is 1. The first-order valence-corrected chi connectivity index (χ1v) is 10.8. The number of anilines is 1. The third-order valence-electron chi connectivity index (χ3n) is 4.93. The Labute approximate surface area is 161 Å². The van der Waals surface area contributed by atoms with Gasteiger partial charge in [0.1, 0.15) is 11.6 Å². The van der Waals surface area contributed by atoms with Crippen molar-refractivity contribution in [1.29, 1.82) is 0 Å². The molecule has 10 heteroatoms. The molecule has 1 aromatic heterocycles. The SMILES string of the molecule is O=C(Nc1c2c(nn1-c1ccc(F)cc1)CS(=O)(=O)C2)C(=O)N1CCCCC1. The zero-order chi connectivity index (χ0) is 19.9. The summed E-state index contributed by atoms with van der Waals surface area (Å²) >= 11 is 0. The van der Waals surface area contributed by atoms with Crippen LogP contribution < -0.4 is 5.32 Å². The molecule has 1 aromatic carbocycles. The second-order valence-corrected chi connectivity index (χ2v) is 9.07. The first kappa shape index (κ1) is 18.6. The minimum atomic E-state index is -3.35. The summed E-state index contributed by atoms with van der Waals surface area (Å²) in [7, 11) is -3.35. The largest absolute Gasteiger partial charge is 0.334 e. The molecule has 3 heterocycles. The molecule has 4 rings (SSSR count). The molecule has 0 saturated carbocycles. The van der Waals surface area contributed by atoms with Gasteiger partial charge in [-0.2, -0.15) is 5.10 Å². The van der Waals surface area contributed by atoms with Crippen molar-refractivity contribution >= 4 is 27.5 Å². The van der Waals surface area contributed by atoms with E-state index >= 15 is 0 Å². The standard InChI is InChI=1S/C18H19FN4O4S/c19-12-4-6-13(7-5-12)23-16(14-10-28(26,27)11-15(14)21-23)20-17(24)18(25)22-8-2-1-3-9-22/h4-7H,1-3,8-11H2,(H,20,24). The lowest BCUT2D eigenvalue weighted by molar-refractivity contribution is -0.143. The van der Waals surface area contributed by atoms with E-state index in [2.05, 4.69) is 10.4 Å². The number of carbonyl (C=O) groups is 2. The highest BCUT2D eigenvalue weighted by Crippen LogP contribution is 2.33. The Morgan fingerprint density at radius 2 is 1.71 bits per heavy atom. The van der Waals surface area contributed by atoms with Crippen molar-refractivity contribution in [1.82, 2.24) is 14.7 Å². The van der Waals surface area contributed by atoms with E-state index < -0.39 is 27.5 Å². The first-order valence-electron chi connectivity index (χ1n) is 9.01. The Bertz CT molecular complexity index is 1040. The number of halogens is 1. The lowest BCUT2D eigenvalue weighted by Gasteiger charge is -2.26. The van der Waals surface area contributed by atoms with Crippen LogP contribution in [0.1, 0.15) is 30.5 Å². The van der Waals surface area contributed by atoms with Crippen LogP contribution in [0.25, 0.3) is 5.69 Å². The lowest BCUT2D eigenvalue weighted by atomic mass is 10.1. The topological polar surface area (TPSA) is 101 Å². The van der Waals surface area contributed by atoms with Gasteiger partial charge in [-0.3, -0.25) is 9.59 Å². The van der Waals surface area contributed by atoms with Gasteiger partial charge in [-0.15, -0.1) is 0 Å². The maximum atomic E-state index is 13.3. The van der Waals surface area contributed by atoms with Crippen LogP contribution in [0, 0.1) is 5.82 Å². The lowest BCUT2D eigenvalue weighted by Crippen LogP contribution is -2.42. The van der Waals surface area contributed by atoms with Crippen molar-refractivity contribution < 1.29 is 22.4 Å². The van der Waals surface area contributed by atoms with Crippen LogP contribution in [0.4, 0.5) is 10.2 Å². The number of nitrogens with one attached hydrogen (secondary N) is 1. The molecule has 0 atom stereocenters. The number of piperidine rings is 1. The van der Waals surface area contributed by atoms with Gasteiger partial charge in [0, 0.05) is 18.7 Å². The van der Waals surface area contributed by atoms with E-state index in [1.807, 2.05) is 0 Å². The number of nitrogens with zero attached hydrogens (tertiary/aromatic N) is 3. The second kappa shape index (κ2) is 7.01. The number of fused-ring (bicyclic) bond motifs is 1. The van der Waals surface area contributed by atoms with Gasteiger partial charge in [-0.05, 0) is 43.5 Å². The summed E-state index contributed by atoms with van der Waals surface area (Å²) in [6, 6.07) is 5.41. The predicted octanol–water partition coefficient (Wildman–Crippen LogP) is 1.39. The summed E-state index contributed by atoms with van der Waals surface area (Å²) in [5.41, 5.74) is 1.14. The third kappa shape index (κ3) is 3.51. The molecule has 1 saturated heterocycles. The highest BCUT2D eigenvalue weighted by molar-refractivity contribution is 7.90. The number of carbonyl (C=O) groups excluding carboxylic acids is 2. The fourth-order valence-corrected chi connectivity index (χ4v) is 5.04. The zero-order valence-corrected chi connectivity index (χ0v) is 15.8. The number of likely N-dealkylation sites (tertiary alicyclic amines) is 1. The molecule has 1 N–H and O–H groups in total. The highest BCUT2D eigenvalue weighted by atomic mass is 32.2. The van der Waals surface area contributed by atoms with E-state index in [0.717, 1.165) is 19.3 Å². The molecule has 0 radical (unpaired) electrons.